The number of piperidine rings is 1. The number of anilines is 1. The summed E-state index contributed by atoms with van der Waals surface area (Å²) in [6.45, 7) is 2.66. The number of aromatic nitrogens is 4. The summed E-state index contributed by atoms with van der Waals surface area (Å²) in [6, 6.07) is 0.453. The van der Waals surface area contributed by atoms with Crippen LogP contribution in [0.25, 0.3) is 11.0 Å². The van der Waals surface area contributed by atoms with Crippen molar-refractivity contribution < 1.29 is 14.3 Å². The first-order valence-electron chi connectivity index (χ1n) is 8.35. The van der Waals surface area contributed by atoms with Crippen molar-refractivity contribution in [2.45, 2.75) is 31.8 Å². The van der Waals surface area contributed by atoms with E-state index in [9.17, 15) is 4.79 Å². The van der Waals surface area contributed by atoms with E-state index in [2.05, 4.69) is 20.0 Å². The third-order valence-corrected chi connectivity index (χ3v) is 5.00. The molecule has 8 nitrogen and oxygen atoms in total. The van der Waals surface area contributed by atoms with E-state index in [0.717, 1.165) is 43.8 Å². The summed E-state index contributed by atoms with van der Waals surface area (Å²) in [7, 11) is 1.37. The average molecular weight is 331 g/mol. The molecule has 4 heterocycles. The molecule has 0 unspecified atom stereocenters. The largest absolute Gasteiger partial charge is 0.468 e. The minimum absolute atomic E-state index is 0.0519. The van der Waals surface area contributed by atoms with Gasteiger partial charge in [-0.05, 0) is 19.3 Å². The number of carbonyl (C=O) groups excluding carboxylic acids is 1. The van der Waals surface area contributed by atoms with Gasteiger partial charge in [0.1, 0.15) is 18.7 Å². The molecular weight excluding hydrogens is 310 g/mol. The molecule has 8 heteroatoms. The predicted molar refractivity (Wildman–Crippen MR) is 86.6 cm³/mol. The van der Waals surface area contributed by atoms with Gasteiger partial charge in [0.25, 0.3) is 0 Å². The van der Waals surface area contributed by atoms with E-state index in [-0.39, 0.29) is 12.5 Å². The lowest BCUT2D eigenvalue weighted by Crippen LogP contribution is -2.50. The topological polar surface area (TPSA) is 82.4 Å². The van der Waals surface area contributed by atoms with E-state index in [1.165, 1.54) is 13.5 Å². The number of carbonyl (C=O) groups is 1. The molecule has 128 valence electrons. The number of rotatable bonds is 3. The van der Waals surface area contributed by atoms with Crippen molar-refractivity contribution in [1.82, 2.24) is 19.7 Å². The molecule has 2 saturated heterocycles. The number of ether oxygens (including phenoxy) is 2. The predicted octanol–water partition coefficient (Wildman–Crippen LogP) is 1.00. The van der Waals surface area contributed by atoms with Crippen molar-refractivity contribution in [2.75, 3.05) is 31.8 Å². The van der Waals surface area contributed by atoms with Crippen LogP contribution >= 0.6 is 0 Å². The summed E-state index contributed by atoms with van der Waals surface area (Å²) in [5.74, 6) is 1.12. The molecule has 0 aliphatic carbocycles. The second kappa shape index (κ2) is 6.35. The Labute approximate surface area is 139 Å². The van der Waals surface area contributed by atoms with Crippen LogP contribution in [0.1, 0.15) is 19.3 Å². The third kappa shape index (κ3) is 2.60. The second-order valence-corrected chi connectivity index (χ2v) is 6.34. The molecule has 2 aliphatic rings. The van der Waals surface area contributed by atoms with Crippen LogP contribution in [0.2, 0.25) is 0 Å². The van der Waals surface area contributed by atoms with Gasteiger partial charge in [0.05, 0.1) is 25.3 Å². The highest BCUT2D eigenvalue weighted by Crippen LogP contribution is 2.34. The van der Waals surface area contributed by atoms with Crippen LogP contribution in [0.4, 0.5) is 5.82 Å². The maximum Gasteiger partial charge on any atom is 0.327 e. The van der Waals surface area contributed by atoms with Gasteiger partial charge >= 0.3 is 5.97 Å². The summed E-state index contributed by atoms with van der Waals surface area (Å²) < 4.78 is 11.9. The van der Waals surface area contributed by atoms with Gasteiger partial charge < -0.3 is 14.4 Å². The van der Waals surface area contributed by atoms with Crippen LogP contribution in [0.15, 0.2) is 12.5 Å². The van der Waals surface area contributed by atoms with Crippen molar-refractivity contribution in [3.63, 3.8) is 0 Å². The Morgan fingerprint density at radius 2 is 2.33 bits per heavy atom. The molecule has 2 aromatic rings. The molecule has 24 heavy (non-hydrogen) atoms. The number of hydrogen-bond acceptors (Lipinski definition) is 7. The fourth-order valence-corrected chi connectivity index (χ4v) is 3.84. The van der Waals surface area contributed by atoms with Crippen molar-refractivity contribution in [1.29, 1.82) is 0 Å². The average Bonchev–Trinajstić information content (AvgIpc) is 3.04. The van der Waals surface area contributed by atoms with Crippen LogP contribution in [0.3, 0.4) is 0 Å². The fourth-order valence-electron chi connectivity index (χ4n) is 3.84. The quantitative estimate of drug-likeness (QED) is 0.776. The second-order valence-electron chi connectivity index (χ2n) is 6.34. The molecule has 2 aliphatic heterocycles. The summed E-state index contributed by atoms with van der Waals surface area (Å²) >= 11 is 0. The SMILES string of the molecule is COC(=O)Cn1ncc2c(N3CCC[C@H]4COCC[C@@H]43)ncnc21. The Kier molecular flexibility index (Phi) is 4.05. The number of esters is 1. The minimum Gasteiger partial charge on any atom is -0.468 e. The molecule has 0 aromatic carbocycles. The van der Waals surface area contributed by atoms with E-state index in [0.29, 0.717) is 17.6 Å². The zero-order chi connectivity index (χ0) is 16.5. The number of fused-ring (bicyclic) bond motifs is 2. The highest BCUT2D eigenvalue weighted by molar-refractivity contribution is 5.87. The molecular formula is C16H21N5O3. The number of hydrogen-bond donors (Lipinski definition) is 0. The Bertz CT molecular complexity index is 744. The summed E-state index contributed by atoms with van der Waals surface area (Å²) in [6.07, 6.45) is 6.66. The van der Waals surface area contributed by atoms with Crippen LogP contribution in [-0.4, -0.2) is 58.6 Å². The molecule has 0 bridgehead atoms. The molecule has 0 spiro atoms. The molecule has 4 rings (SSSR count). The summed E-state index contributed by atoms with van der Waals surface area (Å²) in [5, 5.41) is 5.19. The molecule has 0 saturated carbocycles. The van der Waals surface area contributed by atoms with Gasteiger partial charge in [-0.2, -0.15) is 5.10 Å². The van der Waals surface area contributed by atoms with Gasteiger partial charge in [0, 0.05) is 25.1 Å². The van der Waals surface area contributed by atoms with Crippen LogP contribution in [0.5, 0.6) is 0 Å². The molecule has 2 atom stereocenters. The van der Waals surface area contributed by atoms with Crippen LogP contribution in [0, 0.1) is 5.92 Å². The van der Waals surface area contributed by atoms with Gasteiger partial charge in [-0.3, -0.25) is 4.79 Å². The summed E-state index contributed by atoms with van der Waals surface area (Å²) in [5.41, 5.74) is 0.666. The standard InChI is InChI=1S/C16H21N5O3/c1-23-14(22)8-21-16-12(7-19-21)15(17-10-18-16)20-5-2-3-11-9-24-6-4-13(11)20/h7,10-11,13H,2-6,8-9H2,1H3/t11-,13-/m0/s1. The Hall–Kier alpha value is -2.22. The van der Waals surface area contributed by atoms with Crippen molar-refractivity contribution in [3.8, 4) is 0 Å². The molecule has 0 amide bonds. The maximum atomic E-state index is 11.5. The monoisotopic (exact) mass is 331 g/mol. The highest BCUT2D eigenvalue weighted by Gasteiger charge is 2.35. The van der Waals surface area contributed by atoms with E-state index in [1.54, 1.807) is 17.2 Å². The molecule has 0 radical (unpaired) electrons. The lowest BCUT2D eigenvalue weighted by atomic mass is 9.86. The normalized spacial score (nSPS) is 24.0. The van der Waals surface area contributed by atoms with Gasteiger partial charge in [0.15, 0.2) is 5.65 Å². The zero-order valence-electron chi connectivity index (χ0n) is 13.7. The van der Waals surface area contributed by atoms with Gasteiger partial charge in [-0.25, -0.2) is 14.6 Å². The Morgan fingerprint density at radius 1 is 1.42 bits per heavy atom. The number of methoxy groups -OCH3 is 1. The van der Waals surface area contributed by atoms with E-state index < -0.39 is 0 Å². The zero-order valence-corrected chi connectivity index (χ0v) is 13.7. The fraction of sp³-hybridized carbons (Fsp3) is 0.625. The lowest BCUT2D eigenvalue weighted by molar-refractivity contribution is -0.141. The van der Waals surface area contributed by atoms with Crippen LogP contribution in [-0.2, 0) is 20.8 Å². The smallest absolute Gasteiger partial charge is 0.327 e. The Balaban J connectivity index is 1.70. The lowest BCUT2D eigenvalue weighted by Gasteiger charge is -2.44. The van der Waals surface area contributed by atoms with Crippen LogP contribution < -0.4 is 4.90 Å². The first-order chi connectivity index (χ1) is 11.8. The first kappa shape index (κ1) is 15.3. The van der Waals surface area contributed by atoms with Gasteiger partial charge in [0.2, 0.25) is 0 Å². The van der Waals surface area contributed by atoms with Crippen molar-refractivity contribution >= 4 is 22.8 Å². The highest BCUT2D eigenvalue weighted by atomic mass is 16.5. The van der Waals surface area contributed by atoms with E-state index >= 15 is 0 Å². The maximum absolute atomic E-state index is 11.5. The Morgan fingerprint density at radius 3 is 3.21 bits per heavy atom. The molecule has 0 N–H and O–H groups in total. The minimum atomic E-state index is -0.345. The first-order valence-corrected chi connectivity index (χ1v) is 8.35. The third-order valence-electron chi connectivity index (χ3n) is 5.00. The van der Waals surface area contributed by atoms with Crippen molar-refractivity contribution in [2.24, 2.45) is 5.92 Å². The van der Waals surface area contributed by atoms with Crippen molar-refractivity contribution in [3.05, 3.63) is 12.5 Å². The van der Waals surface area contributed by atoms with Gasteiger partial charge in [-0.1, -0.05) is 0 Å². The number of nitrogens with zero attached hydrogens (tertiary/aromatic N) is 5. The van der Waals surface area contributed by atoms with E-state index in [1.807, 2.05) is 0 Å². The van der Waals surface area contributed by atoms with Gasteiger partial charge in [-0.15, -0.1) is 0 Å². The molecule has 2 aromatic heterocycles. The van der Waals surface area contributed by atoms with E-state index in [4.69, 9.17) is 9.47 Å². The summed E-state index contributed by atoms with van der Waals surface area (Å²) in [4.78, 5) is 22.8. The molecule has 2 fully saturated rings.